The van der Waals surface area contributed by atoms with Gasteiger partial charge >= 0.3 is 6.03 Å². The first kappa shape index (κ1) is 25.0. The number of aromatic nitrogens is 3. The first-order chi connectivity index (χ1) is 18.6. The Bertz CT molecular complexity index is 1410. The molecule has 1 N–H and O–H groups in total. The van der Waals surface area contributed by atoms with Gasteiger partial charge in [0.25, 0.3) is 11.8 Å². The maximum absolute atomic E-state index is 13.5. The molecule has 0 bridgehead atoms. The van der Waals surface area contributed by atoms with Crippen molar-refractivity contribution in [2.75, 3.05) is 36.9 Å². The Morgan fingerprint density at radius 2 is 1.97 bits per heavy atom. The van der Waals surface area contributed by atoms with Crippen molar-refractivity contribution in [1.82, 2.24) is 29.7 Å². The highest BCUT2D eigenvalue weighted by molar-refractivity contribution is 7.13. The molecular formula is C23H22F2N10O3S. The van der Waals surface area contributed by atoms with Crippen LogP contribution in [0.25, 0.3) is 10.6 Å². The molecule has 5 heterocycles. The number of piperidine rings is 1. The van der Waals surface area contributed by atoms with E-state index in [9.17, 15) is 23.2 Å². The van der Waals surface area contributed by atoms with E-state index in [4.69, 9.17) is 5.26 Å². The Morgan fingerprint density at radius 1 is 1.28 bits per heavy atom. The monoisotopic (exact) mass is 556 g/mol. The van der Waals surface area contributed by atoms with Crippen LogP contribution < -0.4 is 10.2 Å². The summed E-state index contributed by atoms with van der Waals surface area (Å²) in [6.45, 7) is 1.67. The molecule has 4 aliphatic rings. The lowest BCUT2D eigenvalue weighted by Crippen LogP contribution is -2.66. The minimum Gasteiger partial charge on any atom is -0.340 e. The van der Waals surface area contributed by atoms with E-state index in [-0.39, 0.29) is 13.1 Å². The zero-order chi connectivity index (χ0) is 27.6. The van der Waals surface area contributed by atoms with E-state index in [1.54, 1.807) is 29.6 Å². The fourth-order valence-electron chi connectivity index (χ4n) is 5.23. The molecule has 0 radical (unpaired) electrons. The molecule has 2 aromatic heterocycles. The highest BCUT2D eigenvalue weighted by atomic mass is 32.1. The topological polar surface area (TPSA) is 151 Å². The number of thiazole rings is 1. The smallest absolute Gasteiger partial charge is 0.329 e. The lowest BCUT2D eigenvalue weighted by molar-refractivity contribution is -0.138. The van der Waals surface area contributed by atoms with Crippen LogP contribution in [0.4, 0.5) is 25.3 Å². The molecule has 0 aromatic carbocycles. The molecule has 0 spiro atoms. The normalized spacial score (nSPS) is 27.4. The van der Waals surface area contributed by atoms with E-state index >= 15 is 0 Å². The summed E-state index contributed by atoms with van der Waals surface area (Å²) in [5.41, 5.74) is 0.611. The average molecular weight is 557 g/mol. The van der Waals surface area contributed by atoms with E-state index < -0.39 is 60.4 Å². The Morgan fingerprint density at radius 3 is 2.64 bits per heavy atom. The van der Waals surface area contributed by atoms with E-state index in [1.807, 2.05) is 6.07 Å². The summed E-state index contributed by atoms with van der Waals surface area (Å²) in [5.74, 6) is -4.18. The van der Waals surface area contributed by atoms with Gasteiger partial charge in [-0.3, -0.25) is 9.59 Å². The van der Waals surface area contributed by atoms with E-state index in [2.05, 4.69) is 25.3 Å². The lowest BCUT2D eigenvalue weighted by atomic mass is 10.1. The fourth-order valence-corrected chi connectivity index (χ4v) is 5.96. The summed E-state index contributed by atoms with van der Waals surface area (Å²) in [6, 6.07) is -0.587. The Labute approximate surface area is 224 Å². The molecule has 3 aliphatic heterocycles. The molecule has 39 heavy (non-hydrogen) atoms. The SMILES string of the molecule is C[C@@H](C(=O)Nc1csc(-c2cnc(N3CC4C(C3)C4(F)F)nc2)n1)N1C=NC2C1C(=O)N(CC#N)C(=O)N2C. The second-order valence-electron chi connectivity index (χ2n) is 9.81. The van der Waals surface area contributed by atoms with Crippen molar-refractivity contribution >= 4 is 47.3 Å². The Balaban J connectivity index is 1.10. The number of nitriles is 1. The van der Waals surface area contributed by atoms with Gasteiger partial charge in [-0.25, -0.2) is 38.4 Å². The Hall–Kier alpha value is -4.26. The predicted molar refractivity (Wildman–Crippen MR) is 134 cm³/mol. The highest BCUT2D eigenvalue weighted by Crippen LogP contribution is 2.59. The number of amides is 4. The maximum Gasteiger partial charge on any atom is 0.329 e. The van der Waals surface area contributed by atoms with Crippen LogP contribution in [0.15, 0.2) is 22.8 Å². The van der Waals surface area contributed by atoms with Gasteiger partial charge < -0.3 is 20.0 Å². The summed E-state index contributed by atoms with van der Waals surface area (Å²) in [6.07, 6.45) is 3.70. The van der Waals surface area contributed by atoms with Gasteiger partial charge in [-0.1, -0.05) is 0 Å². The van der Waals surface area contributed by atoms with Crippen LogP contribution in [0.2, 0.25) is 0 Å². The number of carbonyl (C=O) groups excluding carboxylic acids is 3. The largest absolute Gasteiger partial charge is 0.340 e. The van der Waals surface area contributed by atoms with Crippen molar-refractivity contribution < 1.29 is 23.2 Å². The Kier molecular flexibility index (Phi) is 5.72. The number of urea groups is 1. The number of nitrogens with zero attached hydrogens (tertiary/aromatic N) is 9. The quantitative estimate of drug-likeness (QED) is 0.516. The molecule has 6 rings (SSSR count). The van der Waals surface area contributed by atoms with Crippen molar-refractivity contribution in [3.63, 3.8) is 0 Å². The molecule has 1 aliphatic carbocycles. The third kappa shape index (κ3) is 3.95. The molecule has 4 unspecified atom stereocenters. The maximum atomic E-state index is 13.5. The fraction of sp³-hybridized carbons (Fsp3) is 0.478. The second-order valence-corrected chi connectivity index (χ2v) is 10.7. The van der Waals surface area contributed by atoms with E-state index in [1.165, 1.54) is 34.5 Å². The predicted octanol–water partition coefficient (Wildman–Crippen LogP) is 1.08. The third-order valence-corrected chi connectivity index (χ3v) is 8.47. The number of rotatable bonds is 6. The van der Waals surface area contributed by atoms with Gasteiger partial charge in [0.15, 0.2) is 12.2 Å². The van der Waals surface area contributed by atoms with Crippen LogP contribution in [-0.2, 0) is 9.59 Å². The number of aliphatic imine (C=N–C) groups is 1. The first-order valence-corrected chi connectivity index (χ1v) is 13.0. The highest BCUT2D eigenvalue weighted by Gasteiger charge is 2.72. The number of imide groups is 1. The molecule has 16 heteroatoms. The minimum absolute atomic E-state index is 0.237. The number of fused-ring (bicyclic) bond motifs is 2. The van der Waals surface area contributed by atoms with Crippen LogP contribution in [-0.4, -0.2) is 105 Å². The third-order valence-electron chi connectivity index (χ3n) is 7.58. The summed E-state index contributed by atoms with van der Waals surface area (Å²) in [7, 11) is 1.49. The van der Waals surface area contributed by atoms with Gasteiger partial charge in [-0.15, -0.1) is 11.3 Å². The van der Waals surface area contributed by atoms with E-state index in [0.29, 0.717) is 22.3 Å². The van der Waals surface area contributed by atoms with Crippen LogP contribution in [0.1, 0.15) is 6.92 Å². The van der Waals surface area contributed by atoms with Gasteiger partial charge in [0.2, 0.25) is 11.9 Å². The molecule has 202 valence electrons. The number of hydrogen-bond donors (Lipinski definition) is 1. The molecule has 4 amide bonds. The van der Waals surface area contributed by atoms with E-state index in [0.717, 1.165) is 4.90 Å². The minimum atomic E-state index is -2.57. The van der Waals surface area contributed by atoms with Crippen LogP contribution in [0, 0.1) is 23.2 Å². The van der Waals surface area contributed by atoms with Crippen molar-refractivity contribution in [2.45, 2.75) is 31.1 Å². The van der Waals surface area contributed by atoms with Crippen molar-refractivity contribution in [3.8, 4) is 16.6 Å². The van der Waals surface area contributed by atoms with Crippen molar-refractivity contribution in [1.29, 1.82) is 5.26 Å². The van der Waals surface area contributed by atoms with Crippen LogP contribution in [0.3, 0.4) is 0 Å². The number of hydrogen-bond acceptors (Lipinski definition) is 11. The number of likely N-dealkylation sites (N-methyl/N-ethyl adjacent to an activating group) is 1. The molecule has 5 atom stereocenters. The summed E-state index contributed by atoms with van der Waals surface area (Å²) < 4.78 is 26.9. The summed E-state index contributed by atoms with van der Waals surface area (Å²) in [4.78, 5) is 61.1. The molecule has 1 saturated carbocycles. The molecule has 3 fully saturated rings. The zero-order valence-electron chi connectivity index (χ0n) is 20.7. The van der Waals surface area contributed by atoms with Gasteiger partial charge in [0.1, 0.15) is 23.4 Å². The summed E-state index contributed by atoms with van der Waals surface area (Å²) in [5, 5.41) is 14.0. The van der Waals surface area contributed by atoms with Gasteiger partial charge in [-0.2, -0.15) is 5.26 Å². The molecule has 2 aromatic rings. The number of halogens is 2. The van der Waals surface area contributed by atoms with Gasteiger partial charge in [-0.05, 0) is 6.92 Å². The average Bonchev–Trinajstić information content (AvgIpc) is 3.51. The summed E-state index contributed by atoms with van der Waals surface area (Å²) >= 11 is 1.26. The van der Waals surface area contributed by atoms with Gasteiger partial charge in [0.05, 0.1) is 24.2 Å². The van der Waals surface area contributed by atoms with Crippen LogP contribution >= 0.6 is 11.3 Å². The van der Waals surface area contributed by atoms with Crippen molar-refractivity contribution in [2.24, 2.45) is 16.8 Å². The number of carbonyl (C=O) groups is 3. The lowest BCUT2D eigenvalue weighted by Gasteiger charge is -2.41. The molecule has 13 nitrogen and oxygen atoms in total. The van der Waals surface area contributed by atoms with Gasteiger partial charge in [0, 0.05) is 43.5 Å². The number of nitrogens with one attached hydrogen (secondary N) is 1. The number of anilines is 2. The number of alkyl halides is 2. The second kappa shape index (κ2) is 8.90. The molecular weight excluding hydrogens is 534 g/mol. The standard InChI is InChI=1S/C23H22F2N10O3S/c1-11(35-10-29-17-16(35)20(37)34(4-3-26)22(38)32(17)2)18(36)30-15-9-39-19(31-15)12-5-27-21(28-6-12)33-7-13-14(8-33)23(13,24)25/h5-6,9-11,13-14,16-17H,4,7-8H2,1-2H3,(H,30,36)/t11-,13?,14?,16?,17?/m0/s1. The van der Waals surface area contributed by atoms with Crippen molar-refractivity contribution in [3.05, 3.63) is 17.8 Å². The first-order valence-electron chi connectivity index (χ1n) is 12.1. The van der Waals surface area contributed by atoms with Crippen LogP contribution in [0.5, 0.6) is 0 Å². The zero-order valence-corrected chi connectivity index (χ0v) is 21.5. The molecule has 2 saturated heterocycles.